The predicted octanol–water partition coefficient (Wildman–Crippen LogP) is 22.7. The van der Waals surface area contributed by atoms with Crippen molar-refractivity contribution in [2.75, 3.05) is 74.5 Å². The number of alkyl halides is 6. The number of likely N-dealkylation sites (tertiary alicyclic amines) is 1. The Labute approximate surface area is 899 Å². The topological polar surface area (TPSA) is 322 Å². The van der Waals surface area contributed by atoms with Crippen molar-refractivity contribution in [2.24, 2.45) is 11.8 Å². The molecule has 12 aromatic rings. The second kappa shape index (κ2) is 50.8. The lowest BCUT2D eigenvalue weighted by molar-refractivity contribution is -0.185. The van der Waals surface area contributed by atoms with Crippen LogP contribution in [0.1, 0.15) is 144 Å². The molecule has 8 atom stereocenters. The fourth-order valence-electron chi connectivity index (χ4n) is 19.5. The maximum absolute atomic E-state index is 12.9. The number of nitrogens with one attached hydrogen (secondary N) is 5. The van der Waals surface area contributed by atoms with Crippen molar-refractivity contribution in [3.8, 4) is 0 Å². The van der Waals surface area contributed by atoms with Crippen LogP contribution in [0, 0.1) is 18.8 Å². The first-order chi connectivity index (χ1) is 71.3. The van der Waals surface area contributed by atoms with Gasteiger partial charge in [0.15, 0.2) is 16.7 Å². The van der Waals surface area contributed by atoms with Crippen molar-refractivity contribution in [2.45, 2.75) is 197 Å². The van der Waals surface area contributed by atoms with E-state index in [1.807, 2.05) is 60.4 Å². The molecule has 5 N–H and O–H groups in total. The highest BCUT2D eigenvalue weighted by molar-refractivity contribution is 7.22. The summed E-state index contributed by atoms with van der Waals surface area (Å²) in [6, 6.07) is 54.3. The molecule has 8 amide bonds. The van der Waals surface area contributed by atoms with E-state index in [1.165, 1.54) is 21.1 Å². The smallest absolute Gasteiger partial charge is 0.361 e. The molecular weight excluding hydrogens is 2110 g/mol. The molecule has 20 rings (SSSR count). The molecule has 1 aliphatic carbocycles. The van der Waals surface area contributed by atoms with Crippen LogP contribution in [0.25, 0.3) is 21.3 Å². The van der Waals surface area contributed by atoms with Crippen LogP contribution in [0.15, 0.2) is 211 Å². The van der Waals surface area contributed by atoms with Gasteiger partial charge in [-0.3, -0.25) is 62.7 Å². The van der Waals surface area contributed by atoms with E-state index in [-0.39, 0.29) is 121 Å². The van der Waals surface area contributed by atoms with Crippen LogP contribution in [0.3, 0.4) is 0 Å². The number of nitrogens with zero attached hydrogens (tertiary/aromatic N) is 11. The second-order valence-corrected chi connectivity index (χ2v) is 41.9. The van der Waals surface area contributed by atoms with Crippen LogP contribution in [0.2, 0.25) is 40.2 Å². The second-order valence-electron chi connectivity index (χ2n) is 37.4. The first-order valence-corrected chi connectivity index (χ1v) is 52.6. The minimum atomic E-state index is -4.50. The van der Waals surface area contributed by atoms with Crippen molar-refractivity contribution < 1.29 is 78.8 Å². The number of halogens is 14. The van der Waals surface area contributed by atoms with Crippen molar-refractivity contribution in [1.29, 1.82) is 0 Å². The number of fused-ring (bicyclic) bond motifs is 2. The number of thiazole rings is 1. The molecular formula is C107H106Cl8F6N16O11S. The number of aromatic nitrogens is 5. The zero-order chi connectivity index (χ0) is 106. The van der Waals surface area contributed by atoms with Gasteiger partial charge < -0.3 is 55.3 Å². The molecule has 42 heteroatoms. The lowest BCUT2D eigenvalue weighted by atomic mass is 9.81. The van der Waals surface area contributed by atoms with E-state index in [2.05, 4.69) is 63.2 Å². The number of amides is 8. The normalized spacial score (nSPS) is 19.9. The average molecular weight is 2220 g/mol. The summed E-state index contributed by atoms with van der Waals surface area (Å²) in [5, 5.41) is 21.0. The first kappa shape index (κ1) is 111. The Balaban J connectivity index is 0.000000134. The number of H-pyrrole nitrogens is 1. The van der Waals surface area contributed by atoms with E-state index in [4.69, 9.17) is 97.3 Å². The van der Waals surface area contributed by atoms with Crippen molar-refractivity contribution in [1.82, 2.24) is 45.9 Å². The summed E-state index contributed by atoms with van der Waals surface area (Å²) in [7, 11) is 2.09. The van der Waals surface area contributed by atoms with Gasteiger partial charge in [-0.1, -0.05) is 116 Å². The Bertz CT molecular complexity index is 6590. The zero-order valence-electron chi connectivity index (χ0n) is 80.8. The van der Waals surface area contributed by atoms with Gasteiger partial charge in [-0.25, -0.2) is 9.97 Å². The maximum Gasteiger partial charge on any atom is 0.416 e. The van der Waals surface area contributed by atoms with Gasteiger partial charge in [0.25, 0.3) is 0 Å². The molecule has 784 valence electrons. The molecule has 7 saturated heterocycles. The SMILES string of the molecule is CN1CCC(NC(=O)[C@@H]2CCC(=O)N2c2ccc(Cl)cc2)CC1.Cc1cc(CNC(=O)[C@@H]2CCCN2c2ccc(Cl)cc2)no1.O=C(Cc1cc(C(F)(F)F)ccn1)[C@@H]1CCC(=O)N1c1ccc(Cl)cc1.O=C(Cc1nc2ccc(Cl)cc2[nH]1)[C@@H]1CCC(=O)N1c1ccc(Cl)cc1.O=C(NCC1CCCC(C(F)(F)F)C1)[C@@H]1CCCN1c1ccc(Cl)cc1.O=C(Nc1nc2cc(Cl)ccc2s1)[C@@H]1CCC(=O)N1c1ccc(Cl)cc1. The lowest BCUT2D eigenvalue weighted by Crippen LogP contribution is -2.50. The van der Waals surface area contributed by atoms with Gasteiger partial charge in [0, 0.05) is 144 Å². The third-order valence-electron chi connectivity index (χ3n) is 27.0. The molecule has 2 unspecified atom stereocenters. The molecule has 27 nitrogen and oxygen atoms in total. The van der Waals surface area contributed by atoms with Gasteiger partial charge in [0.2, 0.25) is 47.3 Å². The van der Waals surface area contributed by atoms with Crippen LogP contribution in [0.5, 0.6) is 0 Å². The summed E-state index contributed by atoms with van der Waals surface area (Å²) in [6.45, 7) is 6.21. The van der Waals surface area contributed by atoms with Crippen LogP contribution in [-0.2, 0) is 73.5 Å². The Morgan fingerprint density at radius 3 is 1.36 bits per heavy atom. The number of Topliss-reactive ketones (excluding diaryl/α,β-unsaturated/α-hetero) is 2. The van der Waals surface area contributed by atoms with E-state index in [0.29, 0.717) is 133 Å². The largest absolute Gasteiger partial charge is 0.416 e. The number of carbonyl (C=O) groups is 10. The van der Waals surface area contributed by atoms with Gasteiger partial charge in [-0.05, 0) is 311 Å². The molecule has 149 heavy (non-hydrogen) atoms. The Kier molecular flexibility index (Phi) is 37.9. The summed E-state index contributed by atoms with van der Waals surface area (Å²) in [5.74, 6) is -1.11. The number of hydrogen-bond donors (Lipinski definition) is 5. The van der Waals surface area contributed by atoms with E-state index in [1.54, 1.807) is 149 Å². The van der Waals surface area contributed by atoms with Gasteiger partial charge in [-0.15, -0.1) is 0 Å². The third-order valence-corrected chi connectivity index (χ3v) is 29.9. The number of anilines is 7. The molecule has 0 radical (unpaired) electrons. The number of piperidine rings is 1. The summed E-state index contributed by atoms with van der Waals surface area (Å²) in [5.41, 5.74) is 6.78. The van der Waals surface area contributed by atoms with Crippen LogP contribution in [-0.4, -0.2) is 177 Å². The molecule has 0 spiro atoms. The fraction of sp³-hybridized carbons (Fsp3) is 0.364. The molecule has 4 aromatic heterocycles. The number of aromatic amines is 1. The van der Waals surface area contributed by atoms with E-state index in [9.17, 15) is 74.3 Å². The van der Waals surface area contributed by atoms with Gasteiger partial charge in [0.1, 0.15) is 41.4 Å². The van der Waals surface area contributed by atoms with Crippen LogP contribution >= 0.6 is 104 Å². The number of ketones is 2. The van der Waals surface area contributed by atoms with Crippen LogP contribution in [0.4, 0.5) is 65.6 Å². The molecule has 8 aromatic carbocycles. The summed E-state index contributed by atoms with van der Waals surface area (Å²) in [6.07, 6.45) is 2.53. The van der Waals surface area contributed by atoms with Crippen molar-refractivity contribution in [3.05, 3.63) is 275 Å². The molecule has 8 fully saturated rings. The molecule has 7 aliphatic heterocycles. The number of carbonyl (C=O) groups excluding carboxylic acids is 10. The quantitative estimate of drug-likeness (QED) is 0.0394. The minimum Gasteiger partial charge on any atom is -0.361 e. The fourth-order valence-corrected chi connectivity index (χ4v) is 21.4. The Hall–Kier alpha value is -12.0. The van der Waals surface area contributed by atoms with Gasteiger partial charge in [-0.2, -0.15) is 26.3 Å². The van der Waals surface area contributed by atoms with Crippen molar-refractivity contribution in [3.63, 3.8) is 0 Å². The lowest BCUT2D eigenvalue weighted by Gasteiger charge is -2.31. The zero-order valence-corrected chi connectivity index (χ0v) is 87.7. The molecule has 1 saturated carbocycles. The van der Waals surface area contributed by atoms with E-state index < -0.39 is 48.0 Å². The highest BCUT2D eigenvalue weighted by Gasteiger charge is 2.46. The maximum atomic E-state index is 12.9. The highest BCUT2D eigenvalue weighted by atomic mass is 35.5. The molecule has 11 heterocycles. The Morgan fingerprint density at radius 1 is 0.436 bits per heavy atom. The Morgan fingerprint density at radius 2 is 0.879 bits per heavy atom. The third kappa shape index (κ3) is 29.7. The number of imidazole rings is 1. The number of pyridine rings is 1. The molecule has 0 bridgehead atoms. The van der Waals surface area contributed by atoms with E-state index in [0.717, 1.165) is 139 Å². The average Bonchev–Trinajstić information content (AvgIpc) is 1.67. The summed E-state index contributed by atoms with van der Waals surface area (Å²) < 4.78 is 83.1. The van der Waals surface area contributed by atoms with Crippen LogP contribution < -0.4 is 50.7 Å². The van der Waals surface area contributed by atoms with Gasteiger partial charge >= 0.3 is 12.4 Å². The number of rotatable bonds is 22. The summed E-state index contributed by atoms with van der Waals surface area (Å²) in [4.78, 5) is 153. The number of hydrogen-bond acceptors (Lipinski definition) is 19. The molecule has 8 aliphatic rings. The minimum absolute atomic E-state index is 0.00384. The van der Waals surface area contributed by atoms with E-state index >= 15 is 0 Å². The summed E-state index contributed by atoms with van der Waals surface area (Å²) >= 11 is 48.8. The standard InChI is InChI=1S/C19H15Cl2N3O2.C19H24ClF3N2O.C18H13Cl2N3O2S.C18H14ClF3N2O2.C17H22ClN3O2.C16H18ClN3O2/c20-11-1-4-13(5-2-11)24-16(7-8-19(24)26)17(25)10-18-22-14-6-3-12(21)9-15(14)23-18;20-15-6-8-16(9-7-15)25-10-2-5-17(25)18(26)24-12-13-3-1-4-14(11-13)19(21,22)23;19-10-1-4-12(5-2-10)23-14(6-8-16(23)24)17(25)22-18-21-13-9-11(20)3-7-15(13)26-18;19-12-1-3-14(4-2-12)24-15(5-6-17(24)26)16(25)10-13-9-11(7-8-23-13)18(20,21)22;1-20-10-8-13(9-11-20)19-17(23)15-6-7-16(22)21(15)14-4-2-12(18)3-5-14;1-11-9-13(19-22-11)10-18-16(21)15-3-2-8-20(15)14-6-4-12(17)5-7-14/h1-6,9,16H,7-8,10H2,(H,22,23);6-9,13-14,17H,1-5,10-12H2,(H,24,26);1-5,7,9,14H,6,8H2,(H,21,22,25);1-4,7-9,15H,5-6,10H2;2-5,13,15H,6-11H2,1H3,(H,19,23);4-7,9,15H,2-3,8,10H2,1H3,(H,18,21)/t16-;13?,14?,17-;14-;3*15-/m000000/s1. The number of aryl methyl sites for hydroxylation is 1. The monoisotopic (exact) mass is 2220 g/mol. The highest BCUT2D eigenvalue weighted by Crippen LogP contribution is 2.42. The predicted molar refractivity (Wildman–Crippen MR) is 569 cm³/mol. The van der Waals surface area contributed by atoms with Gasteiger partial charge in [0.05, 0.1) is 64.2 Å². The number of benzene rings is 8. The van der Waals surface area contributed by atoms with Crippen molar-refractivity contribution >= 4 is 223 Å². The first-order valence-electron chi connectivity index (χ1n) is 48.8.